The minimum Gasteiger partial charge on any atom is -0.451 e. The number of nitrogens with one attached hydrogen (secondary N) is 2. The van der Waals surface area contributed by atoms with Crippen molar-refractivity contribution in [3.05, 3.63) is 65.2 Å². The number of anilines is 1. The molecule has 2 N–H and O–H groups in total. The molecule has 0 heterocycles. The van der Waals surface area contributed by atoms with E-state index in [-0.39, 0.29) is 18.9 Å². The van der Waals surface area contributed by atoms with Gasteiger partial charge in [0.15, 0.2) is 6.10 Å². The second kappa shape index (κ2) is 9.17. The monoisotopic (exact) mass is 380 g/mol. The standard InChI is InChI=1S/C22H24N2O4/c1-15(22(27)24-19-11-10-17-8-5-9-18(17)13-19)28-21(26)14-23-20(25)12-16-6-3-2-4-7-16/h2-4,6-7,10-11,13,15H,5,8-9,12,14H2,1H3,(H,23,25)(H,24,27)/t15-/m1/s1. The van der Waals surface area contributed by atoms with Crippen LogP contribution in [0, 0.1) is 0 Å². The van der Waals surface area contributed by atoms with Crippen LogP contribution in [0.15, 0.2) is 48.5 Å². The Hall–Kier alpha value is -3.15. The maximum atomic E-state index is 12.3. The van der Waals surface area contributed by atoms with E-state index in [1.165, 1.54) is 18.1 Å². The van der Waals surface area contributed by atoms with Crippen LogP contribution < -0.4 is 10.6 Å². The van der Waals surface area contributed by atoms with Crippen LogP contribution in [0.4, 0.5) is 5.69 Å². The molecule has 0 radical (unpaired) electrons. The fourth-order valence-corrected chi connectivity index (χ4v) is 3.20. The molecule has 2 aromatic carbocycles. The van der Waals surface area contributed by atoms with Gasteiger partial charge >= 0.3 is 5.97 Å². The number of esters is 1. The highest BCUT2D eigenvalue weighted by Crippen LogP contribution is 2.25. The fourth-order valence-electron chi connectivity index (χ4n) is 3.20. The first-order valence-corrected chi connectivity index (χ1v) is 9.44. The Balaban J connectivity index is 1.42. The van der Waals surface area contributed by atoms with Crippen LogP contribution in [0.3, 0.4) is 0 Å². The summed E-state index contributed by atoms with van der Waals surface area (Å²) in [6.45, 7) is 1.23. The Morgan fingerprint density at radius 2 is 1.79 bits per heavy atom. The van der Waals surface area contributed by atoms with Gasteiger partial charge in [-0.25, -0.2) is 0 Å². The first-order chi connectivity index (χ1) is 13.5. The smallest absolute Gasteiger partial charge is 0.326 e. The molecule has 2 amide bonds. The van der Waals surface area contributed by atoms with Gasteiger partial charge in [0, 0.05) is 5.69 Å². The quantitative estimate of drug-likeness (QED) is 0.723. The molecule has 0 aliphatic heterocycles. The zero-order valence-corrected chi connectivity index (χ0v) is 15.9. The second-order valence-electron chi connectivity index (χ2n) is 6.90. The lowest BCUT2D eigenvalue weighted by molar-refractivity contribution is -0.152. The molecule has 0 saturated carbocycles. The van der Waals surface area contributed by atoms with Gasteiger partial charge in [0.05, 0.1) is 6.42 Å². The Morgan fingerprint density at radius 1 is 1.04 bits per heavy atom. The summed E-state index contributed by atoms with van der Waals surface area (Å²) in [5, 5.41) is 5.28. The van der Waals surface area contributed by atoms with Crippen LogP contribution in [0.5, 0.6) is 0 Å². The highest BCUT2D eigenvalue weighted by Gasteiger charge is 2.19. The number of benzene rings is 2. The molecule has 3 rings (SSSR count). The predicted octanol–water partition coefficient (Wildman–Crippen LogP) is 2.40. The Kier molecular flexibility index (Phi) is 6.42. The van der Waals surface area contributed by atoms with Crippen LogP contribution >= 0.6 is 0 Å². The number of fused-ring (bicyclic) bond motifs is 1. The van der Waals surface area contributed by atoms with Gasteiger partial charge in [-0.3, -0.25) is 14.4 Å². The summed E-state index contributed by atoms with van der Waals surface area (Å²) in [6, 6.07) is 15.1. The molecule has 1 aliphatic rings. The predicted molar refractivity (Wildman–Crippen MR) is 106 cm³/mol. The SMILES string of the molecule is C[C@@H](OC(=O)CNC(=O)Cc1ccccc1)C(=O)Nc1ccc2c(c1)CCC2. The van der Waals surface area contributed by atoms with E-state index < -0.39 is 18.0 Å². The second-order valence-corrected chi connectivity index (χ2v) is 6.90. The number of rotatable bonds is 7. The molecule has 0 unspecified atom stereocenters. The maximum absolute atomic E-state index is 12.3. The lowest BCUT2D eigenvalue weighted by Gasteiger charge is -2.14. The van der Waals surface area contributed by atoms with Crippen molar-refractivity contribution in [1.82, 2.24) is 5.32 Å². The third-order valence-corrected chi connectivity index (χ3v) is 4.68. The zero-order valence-electron chi connectivity index (χ0n) is 15.9. The summed E-state index contributed by atoms with van der Waals surface area (Å²) >= 11 is 0. The molecule has 1 aliphatic carbocycles. The van der Waals surface area contributed by atoms with Gasteiger partial charge in [-0.2, -0.15) is 0 Å². The zero-order chi connectivity index (χ0) is 19.9. The molecule has 0 bridgehead atoms. The first kappa shape index (κ1) is 19.6. The largest absolute Gasteiger partial charge is 0.451 e. The van der Waals surface area contributed by atoms with E-state index >= 15 is 0 Å². The first-order valence-electron chi connectivity index (χ1n) is 9.44. The number of aryl methyl sites for hydroxylation is 2. The topological polar surface area (TPSA) is 84.5 Å². The number of ether oxygens (including phenoxy) is 1. The lowest BCUT2D eigenvalue weighted by Crippen LogP contribution is -2.36. The maximum Gasteiger partial charge on any atom is 0.326 e. The van der Waals surface area contributed by atoms with Crippen LogP contribution in [0.2, 0.25) is 0 Å². The van der Waals surface area contributed by atoms with Crippen LogP contribution in [-0.2, 0) is 38.4 Å². The molecule has 0 aromatic heterocycles. The van der Waals surface area contributed by atoms with E-state index in [0.29, 0.717) is 5.69 Å². The average Bonchev–Trinajstić information content (AvgIpc) is 3.15. The van der Waals surface area contributed by atoms with E-state index in [4.69, 9.17) is 4.74 Å². The minimum absolute atomic E-state index is 0.183. The third-order valence-electron chi connectivity index (χ3n) is 4.68. The normalized spacial score (nSPS) is 13.3. The Morgan fingerprint density at radius 3 is 2.57 bits per heavy atom. The van der Waals surface area contributed by atoms with E-state index in [9.17, 15) is 14.4 Å². The summed E-state index contributed by atoms with van der Waals surface area (Å²) in [6.07, 6.45) is 2.46. The number of amides is 2. The van der Waals surface area contributed by atoms with Crippen molar-refractivity contribution < 1.29 is 19.1 Å². The van der Waals surface area contributed by atoms with Crippen molar-refractivity contribution in [2.75, 3.05) is 11.9 Å². The van der Waals surface area contributed by atoms with Gasteiger partial charge in [-0.1, -0.05) is 36.4 Å². The van der Waals surface area contributed by atoms with Gasteiger partial charge in [0.1, 0.15) is 6.54 Å². The molecule has 6 heteroatoms. The summed E-state index contributed by atoms with van der Waals surface area (Å²) < 4.78 is 5.11. The van der Waals surface area contributed by atoms with Gasteiger partial charge < -0.3 is 15.4 Å². The highest BCUT2D eigenvalue weighted by atomic mass is 16.5. The van der Waals surface area contributed by atoms with Crippen LogP contribution in [-0.4, -0.2) is 30.4 Å². The van der Waals surface area contributed by atoms with Gasteiger partial charge in [-0.05, 0) is 55.0 Å². The van der Waals surface area contributed by atoms with Gasteiger partial charge in [0.25, 0.3) is 5.91 Å². The molecular formula is C22H24N2O4. The van der Waals surface area contributed by atoms with Gasteiger partial charge in [-0.15, -0.1) is 0 Å². The Bertz CT molecular complexity index is 864. The summed E-state index contributed by atoms with van der Waals surface area (Å²) in [7, 11) is 0. The average molecular weight is 380 g/mol. The number of hydrogen-bond donors (Lipinski definition) is 2. The Labute approximate surface area is 164 Å². The number of hydrogen-bond acceptors (Lipinski definition) is 4. The van der Waals surface area contributed by atoms with E-state index in [1.54, 1.807) is 0 Å². The highest BCUT2D eigenvalue weighted by molar-refractivity contribution is 5.95. The molecule has 146 valence electrons. The molecule has 0 fully saturated rings. The summed E-state index contributed by atoms with van der Waals surface area (Å²) in [5.41, 5.74) is 4.13. The van der Waals surface area contributed by atoms with Crippen LogP contribution in [0.1, 0.15) is 30.0 Å². The van der Waals surface area contributed by atoms with Crippen molar-refractivity contribution in [2.45, 2.75) is 38.7 Å². The number of carbonyl (C=O) groups excluding carboxylic acids is 3. The molecule has 2 aromatic rings. The summed E-state index contributed by atoms with van der Waals surface area (Å²) in [4.78, 5) is 36.0. The van der Waals surface area contributed by atoms with Crippen molar-refractivity contribution in [2.24, 2.45) is 0 Å². The minimum atomic E-state index is -0.952. The van der Waals surface area contributed by atoms with Crippen molar-refractivity contribution in [3.8, 4) is 0 Å². The fraction of sp³-hybridized carbons (Fsp3) is 0.318. The molecule has 1 atom stereocenters. The van der Waals surface area contributed by atoms with E-state index in [2.05, 4.69) is 10.6 Å². The van der Waals surface area contributed by atoms with Crippen molar-refractivity contribution >= 4 is 23.5 Å². The number of carbonyl (C=O) groups is 3. The van der Waals surface area contributed by atoms with Gasteiger partial charge in [0.2, 0.25) is 5.91 Å². The molecule has 28 heavy (non-hydrogen) atoms. The third kappa shape index (κ3) is 5.42. The molecule has 0 saturated heterocycles. The molecule has 6 nitrogen and oxygen atoms in total. The van der Waals surface area contributed by atoms with Crippen molar-refractivity contribution in [3.63, 3.8) is 0 Å². The molecular weight excluding hydrogens is 356 g/mol. The lowest BCUT2D eigenvalue weighted by atomic mass is 10.1. The van der Waals surface area contributed by atoms with Crippen LogP contribution in [0.25, 0.3) is 0 Å². The summed E-state index contributed by atoms with van der Waals surface area (Å²) in [5.74, 6) is -1.33. The van der Waals surface area contributed by atoms with E-state index in [1.807, 2.05) is 48.5 Å². The van der Waals surface area contributed by atoms with Crippen molar-refractivity contribution in [1.29, 1.82) is 0 Å². The van der Waals surface area contributed by atoms with E-state index in [0.717, 1.165) is 24.8 Å². The molecule has 0 spiro atoms.